The van der Waals surface area contributed by atoms with Crippen molar-refractivity contribution in [3.8, 4) is 5.75 Å². The maximum Gasteiger partial charge on any atom is 0.273 e. The molecule has 1 aliphatic rings. The van der Waals surface area contributed by atoms with Gasteiger partial charge < -0.3 is 14.6 Å². The molecule has 0 bridgehead atoms. The summed E-state index contributed by atoms with van der Waals surface area (Å²) in [4.78, 5) is 16.6. The molecule has 26 heavy (non-hydrogen) atoms. The highest BCUT2D eigenvalue weighted by molar-refractivity contribution is 5.92. The molecule has 132 valence electrons. The van der Waals surface area contributed by atoms with E-state index in [2.05, 4.69) is 27.6 Å². The van der Waals surface area contributed by atoms with Gasteiger partial charge in [0.05, 0.1) is 12.2 Å². The third-order valence-corrected chi connectivity index (χ3v) is 4.50. The Labute approximate surface area is 151 Å². The van der Waals surface area contributed by atoms with Crippen molar-refractivity contribution in [3.63, 3.8) is 0 Å². The minimum Gasteiger partial charge on any atom is -0.484 e. The van der Waals surface area contributed by atoms with E-state index in [4.69, 9.17) is 9.26 Å². The van der Waals surface area contributed by atoms with Gasteiger partial charge >= 0.3 is 0 Å². The first-order valence-electron chi connectivity index (χ1n) is 8.59. The van der Waals surface area contributed by atoms with Gasteiger partial charge in [0, 0.05) is 11.8 Å². The first kappa shape index (κ1) is 16.3. The lowest BCUT2D eigenvalue weighted by Gasteiger charge is -2.12. The summed E-state index contributed by atoms with van der Waals surface area (Å²) in [6.07, 6.45) is 3.53. The fourth-order valence-electron chi connectivity index (χ4n) is 3.12. The first-order valence-corrected chi connectivity index (χ1v) is 8.59. The number of hydrogen-bond donors (Lipinski definition) is 1. The maximum atomic E-state index is 12.5. The fraction of sp³-hybridized carbons (Fsp3) is 0.250. The van der Waals surface area contributed by atoms with Gasteiger partial charge in [0.2, 0.25) is 0 Å². The minimum atomic E-state index is -0.237. The second-order valence-electron chi connectivity index (χ2n) is 6.37. The van der Waals surface area contributed by atoms with Gasteiger partial charge in [-0.15, -0.1) is 0 Å². The molecule has 2 aromatic heterocycles. The number of aromatic nitrogens is 2. The molecule has 0 saturated heterocycles. The lowest BCUT2D eigenvalue weighted by Crippen LogP contribution is -2.27. The molecule has 0 radical (unpaired) electrons. The van der Waals surface area contributed by atoms with Crippen molar-refractivity contribution in [3.05, 3.63) is 76.9 Å². The van der Waals surface area contributed by atoms with Crippen molar-refractivity contribution < 1.29 is 14.1 Å². The zero-order chi connectivity index (χ0) is 17.9. The molecule has 1 atom stereocenters. The topological polar surface area (TPSA) is 77.2 Å². The smallest absolute Gasteiger partial charge is 0.273 e. The minimum absolute atomic E-state index is 0.0220. The Balaban J connectivity index is 1.37. The molecule has 3 aromatic rings. The van der Waals surface area contributed by atoms with Crippen LogP contribution in [0.3, 0.4) is 0 Å². The van der Waals surface area contributed by atoms with Gasteiger partial charge in [-0.3, -0.25) is 9.78 Å². The molecule has 1 aromatic carbocycles. The number of nitrogens with zero attached hydrogens (tertiary/aromatic N) is 2. The molecule has 1 N–H and O–H groups in total. The van der Waals surface area contributed by atoms with Gasteiger partial charge in [-0.2, -0.15) is 0 Å². The van der Waals surface area contributed by atoms with Gasteiger partial charge in [0.15, 0.2) is 11.5 Å². The van der Waals surface area contributed by atoms with Gasteiger partial charge in [-0.25, -0.2) is 0 Å². The molecule has 0 fully saturated rings. The predicted molar refractivity (Wildman–Crippen MR) is 94.8 cm³/mol. The van der Waals surface area contributed by atoms with Crippen LogP contribution >= 0.6 is 0 Å². The number of nitrogens with one attached hydrogen (secondary N) is 1. The van der Waals surface area contributed by atoms with E-state index in [0.29, 0.717) is 11.5 Å². The Hall–Kier alpha value is -3.15. The second kappa shape index (κ2) is 7.00. The van der Waals surface area contributed by atoms with Crippen LogP contribution in [0.5, 0.6) is 5.75 Å². The summed E-state index contributed by atoms with van der Waals surface area (Å²) in [5.74, 6) is 0.891. The number of carbonyl (C=O) groups is 1. The van der Waals surface area contributed by atoms with Crippen molar-refractivity contribution in [2.75, 3.05) is 0 Å². The summed E-state index contributed by atoms with van der Waals surface area (Å²) in [5, 5.41) is 6.89. The number of aryl methyl sites for hydroxylation is 2. The van der Waals surface area contributed by atoms with Crippen molar-refractivity contribution in [2.45, 2.75) is 32.4 Å². The van der Waals surface area contributed by atoms with Crippen LogP contribution in [0.4, 0.5) is 0 Å². The normalized spacial score (nSPS) is 15.5. The van der Waals surface area contributed by atoms with E-state index in [1.807, 2.05) is 31.2 Å². The van der Waals surface area contributed by atoms with Crippen molar-refractivity contribution in [1.29, 1.82) is 0 Å². The number of benzene rings is 1. The average Bonchev–Trinajstić information content (AvgIpc) is 3.29. The highest BCUT2D eigenvalue weighted by Crippen LogP contribution is 2.30. The molecule has 6 nitrogen and oxygen atoms in total. The molecule has 2 heterocycles. The number of hydrogen-bond acceptors (Lipinski definition) is 5. The van der Waals surface area contributed by atoms with Crippen LogP contribution < -0.4 is 10.1 Å². The van der Waals surface area contributed by atoms with Gasteiger partial charge in [-0.1, -0.05) is 29.4 Å². The Morgan fingerprint density at radius 2 is 2.19 bits per heavy atom. The molecular formula is C20H19N3O3. The summed E-state index contributed by atoms with van der Waals surface area (Å²) >= 11 is 0. The summed E-state index contributed by atoms with van der Waals surface area (Å²) in [5.41, 5.74) is 3.65. The molecule has 0 spiro atoms. The second-order valence-corrected chi connectivity index (χ2v) is 6.37. The summed E-state index contributed by atoms with van der Waals surface area (Å²) in [6, 6.07) is 13.5. The fourth-order valence-corrected chi connectivity index (χ4v) is 3.12. The number of fused-ring (bicyclic) bond motifs is 1. The number of ether oxygens (including phenoxy) is 1. The molecular weight excluding hydrogens is 330 g/mol. The quantitative estimate of drug-likeness (QED) is 0.764. The van der Waals surface area contributed by atoms with Crippen LogP contribution in [0.25, 0.3) is 0 Å². The average molecular weight is 349 g/mol. The monoisotopic (exact) mass is 349 g/mol. The Morgan fingerprint density at radius 3 is 3.04 bits per heavy atom. The van der Waals surface area contributed by atoms with Crippen LogP contribution in [0.2, 0.25) is 0 Å². The maximum absolute atomic E-state index is 12.5. The molecule has 1 amide bonds. The molecule has 0 aliphatic heterocycles. The molecule has 1 aliphatic carbocycles. The van der Waals surface area contributed by atoms with E-state index >= 15 is 0 Å². The van der Waals surface area contributed by atoms with Gasteiger partial charge in [0.1, 0.15) is 12.4 Å². The first-order chi connectivity index (χ1) is 12.7. The van der Waals surface area contributed by atoms with Crippen molar-refractivity contribution in [1.82, 2.24) is 15.5 Å². The largest absolute Gasteiger partial charge is 0.484 e. The van der Waals surface area contributed by atoms with Crippen LogP contribution in [0.1, 0.15) is 45.5 Å². The standard InChI is InChI=1S/C20H19N3O3/c1-13-6-8-15(11-21-13)25-12-16-10-19(23-26-16)20(24)22-18-9-7-14-4-2-3-5-17(14)18/h2-6,8,10-11,18H,7,9,12H2,1H3,(H,22,24)/t18-/m1/s1. The third kappa shape index (κ3) is 3.44. The Kier molecular flexibility index (Phi) is 4.39. The van der Waals surface area contributed by atoms with E-state index < -0.39 is 0 Å². The van der Waals surface area contributed by atoms with Crippen molar-refractivity contribution in [2.24, 2.45) is 0 Å². The number of pyridine rings is 1. The Morgan fingerprint density at radius 1 is 1.31 bits per heavy atom. The van der Waals surface area contributed by atoms with Crippen LogP contribution in [-0.4, -0.2) is 16.0 Å². The molecule has 0 saturated carbocycles. The van der Waals surface area contributed by atoms with Crippen LogP contribution in [0.15, 0.2) is 53.2 Å². The van der Waals surface area contributed by atoms with E-state index in [0.717, 1.165) is 18.5 Å². The highest BCUT2D eigenvalue weighted by atomic mass is 16.5. The SMILES string of the molecule is Cc1ccc(OCc2cc(C(=O)N[C@@H]3CCc4ccccc43)no2)cn1. The zero-order valence-corrected chi connectivity index (χ0v) is 14.4. The number of amides is 1. The zero-order valence-electron chi connectivity index (χ0n) is 14.4. The molecule has 0 unspecified atom stereocenters. The lowest BCUT2D eigenvalue weighted by molar-refractivity contribution is 0.0927. The van der Waals surface area contributed by atoms with E-state index in [-0.39, 0.29) is 24.2 Å². The van der Waals surface area contributed by atoms with E-state index in [1.165, 1.54) is 11.1 Å². The lowest BCUT2D eigenvalue weighted by atomic mass is 10.1. The van der Waals surface area contributed by atoms with Crippen LogP contribution in [0, 0.1) is 6.92 Å². The van der Waals surface area contributed by atoms with E-state index in [9.17, 15) is 4.79 Å². The van der Waals surface area contributed by atoms with Crippen molar-refractivity contribution >= 4 is 5.91 Å². The van der Waals surface area contributed by atoms with Gasteiger partial charge in [-0.05, 0) is 43.0 Å². The van der Waals surface area contributed by atoms with Crippen LogP contribution in [-0.2, 0) is 13.0 Å². The van der Waals surface area contributed by atoms with Gasteiger partial charge in [0.25, 0.3) is 5.91 Å². The summed E-state index contributed by atoms with van der Waals surface area (Å²) < 4.78 is 10.8. The summed E-state index contributed by atoms with van der Waals surface area (Å²) in [6.45, 7) is 2.10. The predicted octanol–water partition coefficient (Wildman–Crippen LogP) is 3.37. The summed E-state index contributed by atoms with van der Waals surface area (Å²) in [7, 11) is 0. The van der Waals surface area contributed by atoms with E-state index in [1.54, 1.807) is 12.3 Å². The number of rotatable bonds is 5. The Bertz CT molecular complexity index is 918. The highest BCUT2D eigenvalue weighted by Gasteiger charge is 2.25. The molecule has 6 heteroatoms. The molecule has 4 rings (SSSR count). The number of carbonyl (C=O) groups excluding carboxylic acids is 1. The third-order valence-electron chi connectivity index (χ3n) is 4.50.